The molecule has 2 amide bonds. The molecule has 1 aromatic carbocycles. The van der Waals surface area contributed by atoms with Crippen LogP contribution < -0.4 is 15.5 Å². The number of piperazine rings is 1. The first-order valence-corrected chi connectivity index (χ1v) is 8.08. The van der Waals surface area contributed by atoms with Crippen molar-refractivity contribution in [2.24, 2.45) is 0 Å². The van der Waals surface area contributed by atoms with Crippen molar-refractivity contribution in [2.75, 3.05) is 19.6 Å². The van der Waals surface area contributed by atoms with E-state index in [1.165, 1.54) is 0 Å². The van der Waals surface area contributed by atoms with Crippen LogP contribution in [0, 0.1) is 0 Å². The van der Waals surface area contributed by atoms with E-state index in [-0.39, 0.29) is 23.9 Å². The zero-order chi connectivity index (χ0) is 15.9. The number of nitrogens with one attached hydrogen (secondary N) is 3. The Morgan fingerprint density at radius 3 is 2.73 bits per heavy atom. The topological polar surface area (TPSA) is 62.6 Å². The number of amides is 2. The average molecular weight is 304 g/mol. The standard InChI is InChI=1S/C17H25N3O2/c1-3-7-15(14-8-5-4-6-9-14)19-17(22)13(2)20-11-10-18-16(21)12-20/h4-6,8-9,13,15H,3,7,10-12H2,1-2H3,(H,18,21)(H,19,22)/p+1/t13-,15+/m1/s1. The molecule has 0 aliphatic carbocycles. The lowest BCUT2D eigenvalue weighted by atomic mass is 10.0. The van der Waals surface area contributed by atoms with Crippen LogP contribution in [0.2, 0.25) is 0 Å². The molecule has 3 atom stereocenters. The van der Waals surface area contributed by atoms with Crippen LogP contribution in [0.4, 0.5) is 0 Å². The Labute approximate surface area is 132 Å². The Morgan fingerprint density at radius 1 is 1.36 bits per heavy atom. The molecule has 1 unspecified atom stereocenters. The average Bonchev–Trinajstić information content (AvgIpc) is 2.54. The molecule has 3 N–H and O–H groups in total. The summed E-state index contributed by atoms with van der Waals surface area (Å²) in [5.74, 6) is 0.0427. The molecule has 5 heteroatoms. The summed E-state index contributed by atoms with van der Waals surface area (Å²) in [6.07, 6.45) is 1.92. The van der Waals surface area contributed by atoms with E-state index in [1.807, 2.05) is 37.3 Å². The van der Waals surface area contributed by atoms with Crippen LogP contribution in [-0.2, 0) is 9.59 Å². The fourth-order valence-corrected chi connectivity index (χ4v) is 2.87. The van der Waals surface area contributed by atoms with Crippen LogP contribution in [0.1, 0.15) is 38.3 Å². The van der Waals surface area contributed by atoms with E-state index < -0.39 is 0 Å². The second-order valence-electron chi connectivity index (χ2n) is 5.92. The molecule has 5 nitrogen and oxygen atoms in total. The van der Waals surface area contributed by atoms with Crippen LogP contribution in [-0.4, -0.2) is 37.5 Å². The molecule has 1 saturated heterocycles. The number of quaternary nitrogens is 1. The Hall–Kier alpha value is -1.88. The molecule has 1 aromatic rings. The third-order valence-corrected chi connectivity index (χ3v) is 4.26. The highest BCUT2D eigenvalue weighted by atomic mass is 16.2. The van der Waals surface area contributed by atoms with Gasteiger partial charge in [-0.3, -0.25) is 9.59 Å². The number of hydrogen-bond donors (Lipinski definition) is 3. The summed E-state index contributed by atoms with van der Waals surface area (Å²) in [5.41, 5.74) is 1.14. The Bertz CT molecular complexity index is 504. The van der Waals surface area contributed by atoms with E-state index in [4.69, 9.17) is 0 Å². The zero-order valence-electron chi connectivity index (χ0n) is 13.4. The quantitative estimate of drug-likeness (QED) is 0.695. The van der Waals surface area contributed by atoms with Gasteiger partial charge in [-0.05, 0) is 18.9 Å². The first-order chi connectivity index (χ1) is 10.6. The predicted octanol–water partition coefficient (Wildman–Crippen LogP) is 0.0472. The molecule has 0 aromatic heterocycles. The van der Waals surface area contributed by atoms with Crippen molar-refractivity contribution in [1.82, 2.24) is 10.6 Å². The lowest BCUT2D eigenvalue weighted by Gasteiger charge is -2.29. The molecule has 1 heterocycles. The van der Waals surface area contributed by atoms with Gasteiger partial charge in [-0.2, -0.15) is 0 Å². The smallest absolute Gasteiger partial charge is 0.278 e. The van der Waals surface area contributed by atoms with Crippen molar-refractivity contribution in [3.05, 3.63) is 35.9 Å². The molecular weight excluding hydrogens is 278 g/mol. The molecule has 1 aliphatic heterocycles. The van der Waals surface area contributed by atoms with Crippen LogP contribution in [0.5, 0.6) is 0 Å². The molecular formula is C17H26N3O2+. The number of rotatable bonds is 6. The highest BCUT2D eigenvalue weighted by molar-refractivity contribution is 5.81. The fraction of sp³-hybridized carbons (Fsp3) is 0.529. The van der Waals surface area contributed by atoms with Crippen molar-refractivity contribution in [3.63, 3.8) is 0 Å². The lowest BCUT2D eigenvalue weighted by molar-refractivity contribution is -0.907. The van der Waals surface area contributed by atoms with Crippen molar-refractivity contribution >= 4 is 11.8 Å². The maximum Gasteiger partial charge on any atom is 0.278 e. The monoisotopic (exact) mass is 304 g/mol. The minimum Gasteiger partial charge on any atom is -0.346 e. The van der Waals surface area contributed by atoms with Gasteiger partial charge in [0.2, 0.25) is 0 Å². The van der Waals surface area contributed by atoms with Crippen molar-refractivity contribution < 1.29 is 14.5 Å². The van der Waals surface area contributed by atoms with Gasteiger partial charge in [0, 0.05) is 0 Å². The Balaban J connectivity index is 1.99. The van der Waals surface area contributed by atoms with E-state index in [1.54, 1.807) is 0 Å². The van der Waals surface area contributed by atoms with Crippen LogP contribution >= 0.6 is 0 Å². The summed E-state index contributed by atoms with van der Waals surface area (Å²) in [5, 5.41) is 5.96. The maximum absolute atomic E-state index is 12.5. The summed E-state index contributed by atoms with van der Waals surface area (Å²) in [6.45, 7) is 5.83. The fourth-order valence-electron chi connectivity index (χ4n) is 2.87. The highest BCUT2D eigenvalue weighted by Gasteiger charge is 2.30. The molecule has 1 fully saturated rings. The van der Waals surface area contributed by atoms with E-state index in [0.29, 0.717) is 13.1 Å². The predicted molar refractivity (Wildman–Crippen MR) is 85.4 cm³/mol. The van der Waals surface area contributed by atoms with Gasteiger partial charge in [0.05, 0.1) is 19.1 Å². The van der Waals surface area contributed by atoms with Gasteiger partial charge in [-0.25, -0.2) is 0 Å². The van der Waals surface area contributed by atoms with Crippen molar-refractivity contribution in [1.29, 1.82) is 0 Å². The summed E-state index contributed by atoms with van der Waals surface area (Å²) in [4.78, 5) is 25.1. The Kier molecular flexibility index (Phi) is 5.95. The number of benzene rings is 1. The van der Waals surface area contributed by atoms with Gasteiger partial charge in [0.25, 0.3) is 11.8 Å². The van der Waals surface area contributed by atoms with Crippen LogP contribution in [0.15, 0.2) is 30.3 Å². The van der Waals surface area contributed by atoms with Gasteiger partial charge in [-0.1, -0.05) is 43.7 Å². The van der Waals surface area contributed by atoms with Crippen molar-refractivity contribution in [2.45, 2.75) is 38.8 Å². The van der Waals surface area contributed by atoms with Crippen molar-refractivity contribution in [3.8, 4) is 0 Å². The summed E-state index contributed by atoms with van der Waals surface area (Å²) >= 11 is 0. The van der Waals surface area contributed by atoms with E-state index in [9.17, 15) is 9.59 Å². The molecule has 0 bridgehead atoms. The number of carbonyl (C=O) groups is 2. The SMILES string of the molecule is CCC[C@H](NC(=O)[C@@H](C)[NH+]1CCNC(=O)C1)c1ccccc1. The Morgan fingerprint density at radius 2 is 2.09 bits per heavy atom. The molecule has 120 valence electrons. The normalized spacial score (nSPS) is 20.8. The molecule has 2 rings (SSSR count). The first-order valence-electron chi connectivity index (χ1n) is 8.08. The van der Waals surface area contributed by atoms with Gasteiger partial charge in [0.15, 0.2) is 12.6 Å². The largest absolute Gasteiger partial charge is 0.346 e. The molecule has 1 aliphatic rings. The second kappa shape index (κ2) is 7.94. The summed E-state index contributed by atoms with van der Waals surface area (Å²) in [6, 6.07) is 9.89. The minimum atomic E-state index is -0.214. The number of hydrogen-bond acceptors (Lipinski definition) is 2. The van der Waals surface area contributed by atoms with E-state index >= 15 is 0 Å². The van der Waals surface area contributed by atoms with Gasteiger partial charge >= 0.3 is 0 Å². The number of carbonyl (C=O) groups excluding carboxylic acids is 2. The van der Waals surface area contributed by atoms with E-state index in [2.05, 4.69) is 17.6 Å². The summed E-state index contributed by atoms with van der Waals surface area (Å²) < 4.78 is 0. The van der Waals surface area contributed by atoms with Gasteiger partial charge in [-0.15, -0.1) is 0 Å². The van der Waals surface area contributed by atoms with Gasteiger partial charge < -0.3 is 15.5 Å². The second-order valence-corrected chi connectivity index (χ2v) is 5.92. The molecule has 0 spiro atoms. The summed E-state index contributed by atoms with van der Waals surface area (Å²) in [7, 11) is 0. The zero-order valence-corrected chi connectivity index (χ0v) is 13.4. The third-order valence-electron chi connectivity index (χ3n) is 4.26. The maximum atomic E-state index is 12.5. The highest BCUT2D eigenvalue weighted by Crippen LogP contribution is 2.17. The molecule has 0 saturated carbocycles. The van der Waals surface area contributed by atoms with E-state index in [0.717, 1.165) is 29.8 Å². The van der Waals surface area contributed by atoms with Crippen LogP contribution in [0.3, 0.4) is 0 Å². The van der Waals surface area contributed by atoms with Crippen LogP contribution in [0.25, 0.3) is 0 Å². The van der Waals surface area contributed by atoms with Gasteiger partial charge in [0.1, 0.15) is 0 Å². The third kappa shape index (κ3) is 4.31. The first kappa shape index (κ1) is 16.5. The lowest BCUT2D eigenvalue weighted by Crippen LogP contribution is -3.19. The molecule has 0 radical (unpaired) electrons. The minimum absolute atomic E-state index is 0.0204. The molecule has 22 heavy (non-hydrogen) atoms.